The molecular formula is C19H21FN6O2. The molecule has 0 bridgehead atoms. The molecule has 0 saturated carbocycles. The molecule has 1 fully saturated rings. The zero-order valence-electron chi connectivity index (χ0n) is 15.6. The summed E-state index contributed by atoms with van der Waals surface area (Å²) in [5.74, 6) is 0.0275. The highest BCUT2D eigenvalue weighted by molar-refractivity contribution is 5.87. The zero-order valence-corrected chi connectivity index (χ0v) is 15.6. The largest absolute Gasteiger partial charge is 0.473 e. The van der Waals surface area contributed by atoms with Gasteiger partial charge in [-0.15, -0.1) is 0 Å². The number of carbonyl (C=O) groups excluding carboxylic acids is 1. The Labute approximate surface area is 161 Å². The van der Waals surface area contributed by atoms with E-state index in [0.29, 0.717) is 36.5 Å². The van der Waals surface area contributed by atoms with Crippen LogP contribution < -0.4 is 4.74 Å². The van der Waals surface area contributed by atoms with Crippen molar-refractivity contribution in [3.8, 4) is 17.1 Å². The maximum atomic E-state index is 15.3. The fraction of sp³-hybridized carbons (Fsp3) is 0.368. The first-order valence-electron chi connectivity index (χ1n) is 9.04. The van der Waals surface area contributed by atoms with Crippen LogP contribution in [0.2, 0.25) is 0 Å². The second-order valence-corrected chi connectivity index (χ2v) is 7.00. The van der Waals surface area contributed by atoms with Gasteiger partial charge in [0.05, 0.1) is 30.8 Å². The Morgan fingerprint density at radius 3 is 3.04 bits per heavy atom. The number of aromatic nitrogens is 5. The van der Waals surface area contributed by atoms with E-state index in [4.69, 9.17) is 4.74 Å². The van der Waals surface area contributed by atoms with Gasteiger partial charge in [0.1, 0.15) is 12.1 Å². The lowest BCUT2D eigenvalue weighted by atomic mass is 9.95. The number of hydrogen-bond acceptors (Lipinski definition) is 5. The lowest BCUT2D eigenvalue weighted by Gasteiger charge is -2.36. The third-order valence-electron chi connectivity index (χ3n) is 4.84. The molecule has 9 heteroatoms. The van der Waals surface area contributed by atoms with Crippen LogP contribution in [0.25, 0.3) is 16.8 Å². The zero-order chi connectivity index (χ0) is 19.7. The topological polar surface area (TPSA) is 77.6 Å². The smallest absolute Gasteiger partial charge is 0.246 e. The van der Waals surface area contributed by atoms with Crippen molar-refractivity contribution in [2.75, 3.05) is 19.7 Å². The van der Waals surface area contributed by atoms with E-state index in [9.17, 15) is 4.79 Å². The van der Waals surface area contributed by atoms with Gasteiger partial charge in [-0.05, 0) is 25.0 Å². The van der Waals surface area contributed by atoms with Crippen LogP contribution in [-0.2, 0) is 11.8 Å². The molecule has 1 amide bonds. The van der Waals surface area contributed by atoms with Crippen LogP contribution in [0.3, 0.4) is 0 Å². The Hall–Kier alpha value is -3.23. The lowest BCUT2D eigenvalue weighted by molar-refractivity contribution is -0.130. The first-order chi connectivity index (χ1) is 13.5. The molecule has 0 aliphatic carbocycles. The molecule has 1 aliphatic rings. The highest BCUT2D eigenvalue weighted by Gasteiger charge is 2.38. The van der Waals surface area contributed by atoms with Crippen LogP contribution in [-0.4, -0.2) is 60.6 Å². The number of amides is 1. The van der Waals surface area contributed by atoms with Gasteiger partial charge in [0.15, 0.2) is 5.67 Å². The molecule has 0 N–H and O–H groups in total. The van der Waals surface area contributed by atoms with Crippen molar-refractivity contribution < 1.29 is 13.9 Å². The molecule has 28 heavy (non-hydrogen) atoms. The van der Waals surface area contributed by atoms with Crippen LogP contribution in [0.15, 0.2) is 43.5 Å². The number of fused-ring (bicyclic) bond motifs is 1. The highest BCUT2D eigenvalue weighted by Crippen LogP contribution is 2.29. The maximum absolute atomic E-state index is 15.3. The molecular weight excluding hydrogens is 363 g/mol. The second-order valence-electron chi connectivity index (χ2n) is 7.00. The number of aryl methyl sites for hydroxylation is 1. The van der Waals surface area contributed by atoms with E-state index in [1.54, 1.807) is 33.9 Å². The van der Waals surface area contributed by atoms with Crippen molar-refractivity contribution in [1.29, 1.82) is 0 Å². The lowest BCUT2D eigenvalue weighted by Crippen LogP contribution is -2.50. The van der Waals surface area contributed by atoms with Gasteiger partial charge in [0.2, 0.25) is 11.8 Å². The molecule has 3 aromatic heterocycles. The van der Waals surface area contributed by atoms with Crippen molar-refractivity contribution >= 4 is 11.4 Å². The van der Waals surface area contributed by atoms with Gasteiger partial charge >= 0.3 is 0 Å². The molecule has 146 valence electrons. The van der Waals surface area contributed by atoms with Gasteiger partial charge in [0, 0.05) is 25.4 Å². The summed E-state index contributed by atoms with van der Waals surface area (Å²) in [6.45, 7) is 3.79. The SMILES string of the molecule is C=CC(=O)N1CCC[C@@](F)(COc2nc(-c3cnn(C)c3)cn3nccc23)C1. The Balaban J connectivity index is 1.58. The average molecular weight is 384 g/mol. The van der Waals surface area contributed by atoms with Gasteiger partial charge in [-0.2, -0.15) is 10.2 Å². The van der Waals surface area contributed by atoms with E-state index in [1.807, 2.05) is 13.2 Å². The summed E-state index contributed by atoms with van der Waals surface area (Å²) in [6, 6.07) is 1.76. The minimum absolute atomic E-state index is 0.0182. The van der Waals surface area contributed by atoms with Crippen LogP contribution in [0.5, 0.6) is 5.88 Å². The Morgan fingerprint density at radius 2 is 2.29 bits per heavy atom. The number of likely N-dealkylation sites (tertiary alicyclic amines) is 1. The summed E-state index contributed by atoms with van der Waals surface area (Å²) in [4.78, 5) is 17.8. The summed E-state index contributed by atoms with van der Waals surface area (Å²) in [5, 5.41) is 8.40. The first kappa shape index (κ1) is 18.1. The number of nitrogens with zero attached hydrogens (tertiary/aromatic N) is 6. The van der Waals surface area contributed by atoms with Crippen molar-refractivity contribution in [3.05, 3.63) is 43.5 Å². The van der Waals surface area contributed by atoms with Crippen LogP contribution in [0.4, 0.5) is 4.39 Å². The molecule has 1 aliphatic heterocycles. The molecule has 1 atom stereocenters. The van der Waals surface area contributed by atoms with E-state index in [0.717, 1.165) is 5.56 Å². The monoisotopic (exact) mass is 384 g/mol. The van der Waals surface area contributed by atoms with E-state index in [1.165, 1.54) is 11.0 Å². The normalized spacial score (nSPS) is 19.7. The molecule has 1 saturated heterocycles. The number of rotatable bonds is 5. The van der Waals surface area contributed by atoms with Crippen molar-refractivity contribution in [3.63, 3.8) is 0 Å². The summed E-state index contributed by atoms with van der Waals surface area (Å²) in [6.07, 6.45) is 9.04. The predicted octanol–water partition coefficient (Wildman–Crippen LogP) is 2.03. The fourth-order valence-corrected chi connectivity index (χ4v) is 3.42. The third kappa shape index (κ3) is 3.47. The minimum atomic E-state index is -1.64. The highest BCUT2D eigenvalue weighted by atomic mass is 19.1. The van der Waals surface area contributed by atoms with Gasteiger partial charge < -0.3 is 9.64 Å². The number of piperidine rings is 1. The molecule has 8 nitrogen and oxygen atoms in total. The summed E-state index contributed by atoms with van der Waals surface area (Å²) in [5.41, 5.74) is 0.436. The van der Waals surface area contributed by atoms with Crippen molar-refractivity contribution in [2.24, 2.45) is 7.05 Å². The van der Waals surface area contributed by atoms with Crippen LogP contribution in [0.1, 0.15) is 12.8 Å². The minimum Gasteiger partial charge on any atom is -0.473 e. The van der Waals surface area contributed by atoms with Crippen molar-refractivity contribution in [1.82, 2.24) is 29.3 Å². The summed E-state index contributed by atoms with van der Waals surface area (Å²) >= 11 is 0. The molecule has 4 rings (SSSR count). The van der Waals surface area contributed by atoms with Gasteiger partial charge in [-0.25, -0.2) is 13.9 Å². The summed E-state index contributed by atoms with van der Waals surface area (Å²) < 4.78 is 24.5. The quantitative estimate of drug-likeness (QED) is 0.629. The van der Waals surface area contributed by atoms with E-state index in [-0.39, 0.29) is 19.1 Å². The van der Waals surface area contributed by atoms with Crippen LogP contribution in [0, 0.1) is 0 Å². The number of hydrogen-bond donors (Lipinski definition) is 0. The van der Waals surface area contributed by atoms with Gasteiger partial charge in [-0.3, -0.25) is 9.48 Å². The van der Waals surface area contributed by atoms with Crippen molar-refractivity contribution in [2.45, 2.75) is 18.5 Å². The Kier molecular flexibility index (Phi) is 4.58. The molecule has 0 radical (unpaired) electrons. The Morgan fingerprint density at radius 1 is 1.43 bits per heavy atom. The molecule has 0 aromatic carbocycles. The number of ether oxygens (including phenoxy) is 1. The first-order valence-corrected chi connectivity index (χ1v) is 9.04. The second kappa shape index (κ2) is 7.06. The average Bonchev–Trinajstić information content (AvgIpc) is 3.34. The Bertz CT molecular complexity index is 1030. The molecule has 0 spiro atoms. The third-order valence-corrected chi connectivity index (χ3v) is 4.84. The standard InChI is InChI=1S/C19H21FN6O2/c1-3-17(27)25-8-4-6-19(20,12-25)13-28-18-16-5-7-21-26(16)11-15(23-18)14-9-22-24(2)10-14/h3,5,7,9-11H,1,4,6,8,12-13H2,2H3/t19-/m0/s1. The number of alkyl halides is 1. The fourth-order valence-electron chi connectivity index (χ4n) is 3.42. The van der Waals surface area contributed by atoms with E-state index >= 15 is 4.39 Å². The number of carbonyl (C=O) groups is 1. The van der Waals surface area contributed by atoms with Gasteiger partial charge in [0.25, 0.3) is 0 Å². The predicted molar refractivity (Wildman–Crippen MR) is 101 cm³/mol. The summed E-state index contributed by atoms with van der Waals surface area (Å²) in [7, 11) is 1.82. The van der Waals surface area contributed by atoms with Crippen LogP contribution >= 0.6 is 0 Å². The molecule has 0 unspecified atom stereocenters. The van der Waals surface area contributed by atoms with E-state index < -0.39 is 5.67 Å². The van der Waals surface area contributed by atoms with Gasteiger partial charge in [-0.1, -0.05) is 6.58 Å². The number of halogens is 1. The van der Waals surface area contributed by atoms with E-state index in [2.05, 4.69) is 21.8 Å². The molecule has 4 heterocycles. The maximum Gasteiger partial charge on any atom is 0.246 e. The molecule has 3 aromatic rings.